The maximum absolute atomic E-state index is 13.7. The lowest BCUT2D eigenvalue weighted by Gasteiger charge is -2.12. The summed E-state index contributed by atoms with van der Waals surface area (Å²) >= 11 is 1.33. The number of alkyl halides is 3. The zero-order chi connectivity index (χ0) is 23.8. The van der Waals surface area contributed by atoms with Crippen LogP contribution in [0.5, 0.6) is 0 Å². The molecule has 0 fully saturated rings. The molecule has 0 atom stereocenters. The zero-order valence-corrected chi connectivity index (χ0v) is 18.7. The number of hydrogen-bond acceptors (Lipinski definition) is 3. The van der Waals surface area contributed by atoms with Gasteiger partial charge in [0.1, 0.15) is 11.5 Å². The minimum absolute atomic E-state index is 0.00987. The number of carbonyl (C=O) groups excluding carboxylic acids is 1. The third-order valence-electron chi connectivity index (χ3n) is 5.03. The fraction of sp³-hybridized carbons (Fsp3) is 0.250. The highest BCUT2D eigenvalue weighted by Crippen LogP contribution is 2.32. The fourth-order valence-corrected chi connectivity index (χ4v) is 4.51. The number of rotatable bonds is 6. The Hall–Kier alpha value is -3.20. The second-order valence-corrected chi connectivity index (χ2v) is 9.24. The summed E-state index contributed by atoms with van der Waals surface area (Å²) in [4.78, 5) is 17.5. The van der Waals surface area contributed by atoms with E-state index >= 15 is 0 Å². The average Bonchev–Trinajstić information content (AvgIpc) is 3.31. The molecule has 0 saturated heterocycles. The number of anilines is 1. The Kier molecular flexibility index (Phi) is 6.25. The molecular weight excluding hydrogens is 454 g/mol. The highest BCUT2D eigenvalue weighted by molar-refractivity contribution is 7.22. The number of fused-ring (bicyclic) bond motifs is 1. The van der Waals surface area contributed by atoms with Crippen LogP contribution in [0.25, 0.3) is 10.2 Å². The molecule has 0 aliphatic rings. The Balaban J connectivity index is 1.65. The van der Waals surface area contributed by atoms with Gasteiger partial charge in [-0.1, -0.05) is 43.4 Å². The van der Waals surface area contributed by atoms with Gasteiger partial charge >= 0.3 is 6.18 Å². The molecular formula is C24H21F4N3OS. The van der Waals surface area contributed by atoms with E-state index in [4.69, 9.17) is 0 Å². The fourth-order valence-electron chi connectivity index (χ4n) is 3.65. The molecule has 172 valence electrons. The van der Waals surface area contributed by atoms with Crippen LogP contribution in [0.15, 0.2) is 54.7 Å². The molecule has 4 aromatic rings. The van der Waals surface area contributed by atoms with E-state index in [9.17, 15) is 22.4 Å². The van der Waals surface area contributed by atoms with Gasteiger partial charge < -0.3 is 4.57 Å². The molecule has 0 aliphatic heterocycles. The molecule has 0 aliphatic carbocycles. The lowest BCUT2D eigenvalue weighted by Crippen LogP contribution is -2.17. The van der Waals surface area contributed by atoms with E-state index in [1.54, 1.807) is 16.8 Å². The molecule has 0 saturated carbocycles. The highest BCUT2D eigenvalue weighted by Gasteiger charge is 2.34. The van der Waals surface area contributed by atoms with Gasteiger partial charge in [0.25, 0.3) is 5.91 Å². The van der Waals surface area contributed by atoms with Crippen LogP contribution in [0.2, 0.25) is 0 Å². The van der Waals surface area contributed by atoms with Gasteiger partial charge in [0.15, 0.2) is 5.13 Å². The molecule has 4 nitrogen and oxygen atoms in total. The Labute approximate surface area is 191 Å². The van der Waals surface area contributed by atoms with E-state index < -0.39 is 23.5 Å². The Morgan fingerprint density at radius 1 is 1.12 bits per heavy atom. The molecule has 9 heteroatoms. The van der Waals surface area contributed by atoms with Crippen LogP contribution in [0.3, 0.4) is 0 Å². The predicted octanol–water partition coefficient (Wildman–Crippen LogP) is 6.75. The van der Waals surface area contributed by atoms with Crippen LogP contribution in [0, 0.1) is 11.7 Å². The number of amides is 1. The summed E-state index contributed by atoms with van der Waals surface area (Å²) in [5.74, 6) is -1.42. The highest BCUT2D eigenvalue weighted by atomic mass is 32.1. The minimum atomic E-state index is -4.80. The van der Waals surface area contributed by atoms with Crippen molar-refractivity contribution in [2.24, 2.45) is 5.92 Å². The molecule has 1 N–H and O–H groups in total. The summed E-state index contributed by atoms with van der Waals surface area (Å²) in [7, 11) is 0. The van der Waals surface area contributed by atoms with E-state index in [-0.39, 0.29) is 12.1 Å². The Bertz CT molecular complexity index is 1270. The largest absolute Gasteiger partial charge is 0.419 e. The van der Waals surface area contributed by atoms with Crippen molar-refractivity contribution in [1.29, 1.82) is 0 Å². The van der Waals surface area contributed by atoms with Crippen LogP contribution in [-0.4, -0.2) is 15.5 Å². The zero-order valence-electron chi connectivity index (χ0n) is 17.9. The van der Waals surface area contributed by atoms with Crippen molar-refractivity contribution in [3.05, 3.63) is 82.9 Å². The van der Waals surface area contributed by atoms with Crippen LogP contribution >= 0.6 is 11.3 Å². The van der Waals surface area contributed by atoms with Crippen LogP contribution in [-0.2, 0) is 19.1 Å². The number of halogens is 4. The van der Waals surface area contributed by atoms with Gasteiger partial charge in [0.05, 0.1) is 15.8 Å². The Morgan fingerprint density at radius 2 is 1.88 bits per heavy atom. The van der Waals surface area contributed by atoms with Crippen molar-refractivity contribution in [1.82, 2.24) is 9.55 Å². The van der Waals surface area contributed by atoms with E-state index in [1.807, 2.05) is 38.1 Å². The maximum atomic E-state index is 13.7. The lowest BCUT2D eigenvalue weighted by molar-refractivity contribution is -0.140. The van der Waals surface area contributed by atoms with Crippen LogP contribution in [0.1, 0.15) is 41.0 Å². The first kappa shape index (κ1) is 23.0. The molecule has 2 aromatic heterocycles. The van der Waals surface area contributed by atoms with Gasteiger partial charge in [-0.3, -0.25) is 10.1 Å². The number of para-hydroxylation sites is 1. The number of benzene rings is 2. The SMILES string of the molecule is CC(C)Cc1cc(C(=O)Nc2nc3ccccc3s2)n(Cc2ccc(F)c(C(F)(F)F)c2)c1. The van der Waals surface area contributed by atoms with Gasteiger partial charge in [-0.05, 0) is 53.8 Å². The van der Waals surface area contributed by atoms with Crippen LogP contribution in [0.4, 0.5) is 22.7 Å². The summed E-state index contributed by atoms with van der Waals surface area (Å²) in [5.41, 5.74) is 0.861. The minimum Gasteiger partial charge on any atom is -0.339 e. The standard InChI is InChI=1S/C24H21F4N3OS/c1-14(2)9-16-11-20(22(32)30-23-29-19-5-3-4-6-21(19)33-23)31(13-16)12-15-7-8-18(25)17(10-15)24(26,27)28/h3-8,10-11,13-14H,9,12H2,1-2H3,(H,29,30,32). The van der Waals surface area contributed by atoms with Gasteiger partial charge in [-0.25, -0.2) is 9.37 Å². The number of nitrogens with one attached hydrogen (secondary N) is 1. The van der Waals surface area contributed by atoms with E-state index in [2.05, 4.69) is 10.3 Å². The maximum Gasteiger partial charge on any atom is 0.419 e. The molecule has 0 bridgehead atoms. The quantitative estimate of drug-likeness (QED) is 0.314. The third kappa shape index (κ3) is 5.24. The topological polar surface area (TPSA) is 46.9 Å². The van der Waals surface area contributed by atoms with Gasteiger partial charge in [-0.2, -0.15) is 13.2 Å². The molecule has 33 heavy (non-hydrogen) atoms. The number of nitrogens with zero attached hydrogens (tertiary/aromatic N) is 2. The summed E-state index contributed by atoms with van der Waals surface area (Å²) in [6.07, 6.45) is -2.35. The van der Waals surface area contributed by atoms with Crippen molar-refractivity contribution in [2.45, 2.75) is 33.0 Å². The molecule has 0 spiro atoms. The summed E-state index contributed by atoms with van der Waals surface area (Å²) in [6.45, 7) is 4.06. The first-order chi connectivity index (χ1) is 15.6. The number of carbonyl (C=O) groups is 1. The molecule has 2 aromatic carbocycles. The number of hydrogen-bond donors (Lipinski definition) is 1. The first-order valence-electron chi connectivity index (χ1n) is 10.3. The smallest absolute Gasteiger partial charge is 0.339 e. The van der Waals surface area contributed by atoms with E-state index in [1.165, 1.54) is 17.4 Å². The van der Waals surface area contributed by atoms with Gasteiger partial charge in [-0.15, -0.1) is 0 Å². The normalized spacial score (nSPS) is 12.0. The van der Waals surface area contributed by atoms with Crippen molar-refractivity contribution in [3.8, 4) is 0 Å². The number of thiazole rings is 1. The summed E-state index contributed by atoms with van der Waals surface area (Å²) in [5, 5.41) is 3.22. The average molecular weight is 476 g/mol. The first-order valence-corrected chi connectivity index (χ1v) is 11.1. The van der Waals surface area contributed by atoms with E-state index in [0.29, 0.717) is 23.2 Å². The van der Waals surface area contributed by atoms with Gasteiger partial charge in [0.2, 0.25) is 0 Å². The second-order valence-electron chi connectivity index (χ2n) is 8.21. The third-order valence-corrected chi connectivity index (χ3v) is 5.99. The van der Waals surface area contributed by atoms with Crippen molar-refractivity contribution in [2.75, 3.05) is 5.32 Å². The predicted molar refractivity (Wildman–Crippen MR) is 121 cm³/mol. The monoisotopic (exact) mass is 475 g/mol. The summed E-state index contributed by atoms with van der Waals surface area (Å²) in [6, 6.07) is 12.1. The van der Waals surface area contributed by atoms with Crippen molar-refractivity contribution in [3.63, 3.8) is 0 Å². The lowest BCUT2D eigenvalue weighted by atomic mass is 10.1. The van der Waals surface area contributed by atoms with Gasteiger partial charge in [0, 0.05) is 12.7 Å². The molecule has 0 radical (unpaired) electrons. The van der Waals surface area contributed by atoms with Crippen molar-refractivity contribution < 1.29 is 22.4 Å². The molecule has 4 rings (SSSR count). The number of aromatic nitrogens is 2. The van der Waals surface area contributed by atoms with E-state index in [0.717, 1.165) is 27.9 Å². The molecule has 2 heterocycles. The molecule has 0 unspecified atom stereocenters. The van der Waals surface area contributed by atoms with Crippen LogP contribution < -0.4 is 5.32 Å². The van der Waals surface area contributed by atoms with Crippen molar-refractivity contribution >= 4 is 32.6 Å². The second kappa shape index (κ2) is 8.97. The molecule has 1 amide bonds. The Morgan fingerprint density at radius 3 is 2.58 bits per heavy atom. The summed E-state index contributed by atoms with van der Waals surface area (Å²) < 4.78 is 55.6.